The number of phenols is 1. The van der Waals surface area contributed by atoms with Gasteiger partial charge >= 0.3 is 0 Å². The van der Waals surface area contributed by atoms with E-state index < -0.39 is 0 Å². The van der Waals surface area contributed by atoms with Crippen molar-refractivity contribution in [1.29, 1.82) is 0 Å². The first-order valence-corrected chi connectivity index (χ1v) is 9.86. The maximum atomic E-state index is 10.1. The molecule has 160 valence electrons. The third kappa shape index (κ3) is 6.53. The smallest absolute Gasteiger partial charge is 0.191 e. The Kier molecular flexibility index (Phi) is 9.59. The highest BCUT2D eigenvalue weighted by atomic mass is 127. The molecule has 2 heterocycles. The zero-order chi connectivity index (χ0) is 19.8. The van der Waals surface area contributed by atoms with Crippen LogP contribution in [0.3, 0.4) is 0 Å². The van der Waals surface area contributed by atoms with Gasteiger partial charge in [0, 0.05) is 18.7 Å². The summed E-state index contributed by atoms with van der Waals surface area (Å²) in [6.07, 6.45) is 4.17. The molecule has 1 unspecified atom stereocenters. The van der Waals surface area contributed by atoms with Gasteiger partial charge in [0.15, 0.2) is 5.96 Å². The summed E-state index contributed by atoms with van der Waals surface area (Å²) in [5, 5.41) is 16.8. The molecule has 1 aromatic heterocycles. The van der Waals surface area contributed by atoms with E-state index in [1.165, 1.54) is 12.8 Å². The Balaban J connectivity index is 0.00000300. The van der Waals surface area contributed by atoms with Gasteiger partial charge in [-0.2, -0.15) is 0 Å². The van der Waals surface area contributed by atoms with Crippen LogP contribution in [0.25, 0.3) is 0 Å². The van der Waals surface area contributed by atoms with Crippen LogP contribution in [0.15, 0.2) is 46.0 Å². The fourth-order valence-corrected chi connectivity index (χ4v) is 3.46. The Morgan fingerprint density at radius 3 is 2.72 bits per heavy atom. The number of phenolic OH excluding ortho intramolecular Hbond substituents is 1. The molecule has 1 fully saturated rings. The van der Waals surface area contributed by atoms with E-state index in [-0.39, 0.29) is 35.8 Å². The average Bonchev–Trinajstić information content (AvgIpc) is 3.42. The summed E-state index contributed by atoms with van der Waals surface area (Å²) in [4.78, 5) is 7.08. The lowest BCUT2D eigenvalue weighted by atomic mass is 10.2. The molecule has 1 atom stereocenters. The second-order valence-corrected chi connectivity index (χ2v) is 6.85. The molecule has 8 heteroatoms. The number of likely N-dealkylation sites (tertiary alicyclic amines) is 1. The van der Waals surface area contributed by atoms with Crippen molar-refractivity contribution in [2.45, 2.75) is 32.4 Å². The minimum Gasteiger partial charge on any atom is -0.508 e. The molecule has 0 amide bonds. The third-order valence-corrected chi connectivity index (χ3v) is 4.95. The maximum absolute atomic E-state index is 10.1. The van der Waals surface area contributed by atoms with Crippen LogP contribution >= 0.6 is 24.0 Å². The minimum absolute atomic E-state index is 0. The number of nitrogens with one attached hydrogen (secondary N) is 2. The Morgan fingerprint density at radius 1 is 1.28 bits per heavy atom. The van der Waals surface area contributed by atoms with Crippen molar-refractivity contribution in [3.8, 4) is 11.5 Å². The molecule has 2 aromatic rings. The number of rotatable bonds is 8. The monoisotopic (exact) mass is 514 g/mol. The fourth-order valence-electron chi connectivity index (χ4n) is 3.46. The van der Waals surface area contributed by atoms with Crippen molar-refractivity contribution in [2.24, 2.45) is 4.99 Å². The number of guanidine groups is 1. The lowest BCUT2D eigenvalue weighted by Crippen LogP contribution is -2.42. The van der Waals surface area contributed by atoms with Gasteiger partial charge in [-0.3, -0.25) is 4.90 Å². The Labute approximate surface area is 189 Å². The number of methoxy groups -OCH3 is 1. The number of aromatic hydroxyl groups is 1. The van der Waals surface area contributed by atoms with E-state index >= 15 is 0 Å². The molecule has 0 radical (unpaired) electrons. The number of hydrogen-bond donors (Lipinski definition) is 3. The number of benzene rings is 1. The molecule has 1 aliphatic rings. The molecular weight excluding hydrogens is 483 g/mol. The first-order valence-electron chi connectivity index (χ1n) is 9.86. The van der Waals surface area contributed by atoms with Gasteiger partial charge in [0.25, 0.3) is 0 Å². The fraction of sp³-hybridized carbons (Fsp3) is 0.476. The number of halogens is 1. The molecule has 7 nitrogen and oxygen atoms in total. The zero-order valence-corrected chi connectivity index (χ0v) is 19.4. The highest BCUT2D eigenvalue weighted by Crippen LogP contribution is 2.25. The van der Waals surface area contributed by atoms with E-state index in [0.29, 0.717) is 24.8 Å². The Bertz CT molecular complexity index is 761. The lowest BCUT2D eigenvalue weighted by molar-refractivity contribution is 0.215. The summed E-state index contributed by atoms with van der Waals surface area (Å²) in [6, 6.07) is 9.30. The predicted molar refractivity (Wildman–Crippen MR) is 125 cm³/mol. The van der Waals surface area contributed by atoms with Crippen LogP contribution in [0.1, 0.15) is 37.1 Å². The van der Waals surface area contributed by atoms with Crippen molar-refractivity contribution < 1.29 is 14.3 Å². The van der Waals surface area contributed by atoms with Crippen LogP contribution in [0.5, 0.6) is 11.5 Å². The molecular formula is C21H31IN4O3. The first-order chi connectivity index (χ1) is 13.7. The molecule has 0 aliphatic carbocycles. The summed E-state index contributed by atoms with van der Waals surface area (Å²) < 4.78 is 10.9. The second-order valence-electron chi connectivity index (χ2n) is 6.85. The normalized spacial score (nSPS) is 15.6. The quantitative estimate of drug-likeness (QED) is 0.284. The van der Waals surface area contributed by atoms with Crippen molar-refractivity contribution in [3.63, 3.8) is 0 Å². The number of aliphatic imine (C=N–C) groups is 1. The molecule has 0 spiro atoms. The van der Waals surface area contributed by atoms with Crippen LogP contribution in [0.2, 0.25) is 0 Å². The zero-order valence-electron chi connectivity index (χ0n) is 17.1. The highest BCUT2D eigenvalue weighted by Gasteiger charge is 2.25. The van der Waals surface area contributed by atoms with E-state index in [0.717, 1.165) is 31.0 Å². The van der Waals surface area contributed by atoms with Crippen molar-refractivity contribution in [1.82, 2.24) is 15.5 Å². The van der Waals surface area contributed by atoms with E-state index in [1.54, 1.807) is 31.6 Å². The van der Waals surface area contributed by atoms with E-state index in [2.05, 4.69) is 20.5 Å². The first kappa shape index (κ1) is 23.3. The van der Waals surface area contributed by atoms with Crippen LogP contribution in [0, 0.1) is 0 Å². The van der Waals surface area contributed by atoms with Crippen molar-refractivity contribution in [3.05, 3.63) is 47.9 Å². The Morgan fingerprint density at radius 2 is 2.07 bits per heavy atom. The standard InChI is InChI=1S/C21H30N4O3.HI/c1-3-22-21(23-14-16-13-17(27-2)8-9-19(16)26)24-15-18(20-7-6-12-28-20)25-10-4-5-11-25;/h6-9,12-13,18,26H,3-5,10-11,14-15H2,1-2H3,(H2,22,23,24);1H. The second kappa shape index (κ2) is 11.9. The summed E-state index contributed by atoms with van der Waals surface area (Å²) >= 11 is 0. The number of furan rings is 1. The van der Waals surface area contributed by atoms with Gasteiger partial charge in [0.05, 0.1) is 26.0 Å². The molecule has 3 rings (SSSR count). The lowest BCUT2D eigenvalue weighted by Gasteiger charge is -2.26. The molecule has 1 saturated heterocycles. The SMILES string of the molecule is CCNC(=NCc1cc(OC)ccc1O)NCC(c1ccco1)N1CCCC1.I. The summed E-state index contributed by atoms with van der Waals surface area (Å²) in [6.45, 7) is 6.00. The highest BCUT2D eigenvalue weighted by molar-refractivity contribution is 14.0. The van der Waals surface area contributed by atoms with Gasteiger partial charge in [0.1, 0.15) is 17.3 Å². The third-order valence-electron chi connectivity index (χ3n) is 4.95. The molecule has 3 N–H and O–H groups in total. The van der Waals surface area contributed by atoms with Gasteiger partial charge < -0.3 is 24.9 Å². The van der Waals surface area contributed by atoms with Gasteiger partial charge in [-0.25, -0.2) is 4.99 Å². The van der Waals surface area contributed by atoms with E-state index in [1.807, 2.05) is 19.1 Å². The molecule has 0 bridgehead atoms. The van der Waals surface area contributed by atoms with Crippen LogP contribution in [0.4, 0.5) is 0 Å². The number of ether oxygens (including phenoxy) is 1. The minimum atomic E-state index is 0. The Hall–Kier alpha value is -1.94. The predicted octanol–water partition coefficient (Wildman–Crippen LogP) is 3.50. The average molecular weight is 514 g/mol. The van der Waals surface area contributed by atoms with Gasteiger partial charge in [-0.05, 0) is 63.2 Å². The van der Waals surface area contributed by atoms with Gasteiger partial charge in [-0.15, -0.1) is 24.0 Å². The maximum Gasteiger partial charge on any atom is 0.191 e. The van der Waals surface area contributed by atoms with Gasteiger partial charge in [0.2, 0.25) is 0 Å². The topological polar surface area (TPSA) is 82.3 Å². The van der Waals surface area contributed by atoms with E-state index in [4.69, 9.17) is 9.15 Å². The van der Waals surface area contributed by atoms with E-state index in [9.17, 15) is 5.11 Å². The van der Waals surface area contributed by atoms with Crippen LogP contribution in [-0.4, -0.2) is 49.3 Å². The number of hydrogen-bond acceptors (Lipinski definition) is 5. The van der Waals surface area contributed by atoms with Gasteiger partial charge in [-0.1, -0.05) is 0 Å². The molecule has 1 aliphatic heterocycles. The summed E-state index contributed by atoms with van der Waals surface area (Å²) in [5.41, 5.74) is 0.721. The molecule has 0 saturated carbocycles. The van der Waals surface area contributed by atoms with Crippen LogP contribution < -0.4 is 15.4 Å². The molecule has 29 heavy (non-hydrogen) atoms. The summed E-state index contributed by atoms with van der Waals surface area (Å²) in [7, 11) is 1.61. The molecule has 1 aromatic carbocycles. The summed E-state index contributed by atoms with van der Waals surface area (Å²) in [5.74, 6) is 2.59. The van der Waals surface area contributed by atoms with Crippen LogP contribution in [-0.2, 0) is 6.54 Å². The number of nitrogens with zero attached hydrogens (tertiary/aromatic N) is 2. The van der Waals surface area contributed by atoms with Crippen molar-refractivity contribution in [2.75, 3.05) is 33.3 Å². The van der Waals surface area contributed by atoms with Crippen molar-refractivity contribution >= 4 is 29.9 Å². The largest absolute Gasteiger partial charge is 0.508 e.